The number of carbonyl (C=O) groups excluding carboxylic acids is 1. The normalized spacial score (nSPS) is 12.1. The van der Waals surface area contributed by atoms with E-state index < -0.39 is 10.8 Å². The standard InChI is InChI=1S/C16H16N4O2S/c1-19-16(20-9-3-4-10-20)14(11-17-19)15(21)18-12-5-7-13(8-6-12)23(2)22/h3-11H,1-2H3,(H,18,21)/t23-/m0/s1. The number of nitrogens with zero attached hydrogens (tertiary/aromatic N) is 3. The molecule has 1 aromatic carbocycles. The zero-order chi connectivity index (χ0) is 16.4. The van der Waals surface area contributed by atoms with Crippen LogP contribution in [0.1, 0.15) is 10.4 Å². The SMILES string of the molecule is Cn1ncc(C(=O)Nc2ccc([S@](C)=O)cc2)c1-n1cccc1. The van der Waals surface area contributed by atoms with Crippen LogP contribution in [0.15, 0.2) is 59.9 Å². The molecule has 1 atom stereocenters. The maximum absolute atomic E-state index is 12.5. The number of hydrogen-bond acceptors (Lipinski definition) is 3. The average molecular weight is 328 g/mol. The van der Waals surface area contributed by atoms with Crippen molar-refractivity contribution in [1.29, 1.82) is 0 Å². The van der Waals surface area contributed by atoms with Crippen LogP contribution in [0.25, 0.3) is 5.82 Å². The number of amides is 1. The highest BCUT2D eigenvalue weighted by Crippen LogP contribution is 2.17. The second kappa shape index (κ2) is 6.21. The molecule has 0 saturated carbocycles. The molecule has 0 fully saturated rings. The predicted octanol–water partition coefficient (Wildman–Crippen LogP) is 2.20. The van der Waals surface area contributed by atoms with Crippen LogP contribution in [-0.4, -0.2) is 30.7 Å². The van der Waals surface area contributed by atoms with Crippen molar-refractivity contribution in [3.63, 3.8) is 0 Å². The van der Waals surface area contributed by atoms with Crippen LogP contribution in [-0.2, 0) is 17.8 Å². The van der Waals surface area contributed by atoms with Crippen LogP contribution in [0.5, 0.6) is 0 Å². The molecule has 0 aliphatic rings. The summed E-state index contributed by atoms with van der Waals surface area (Å²) in [5.74, 6) is 0.450. The number of benzene rings is 1. The van der Waals surface area contributed by atoms with Crippen molar-refractivity contribution in [3.8, 4) is 5.82 Å². The third-order valence-corrected chi connectivity index (χ3v) is 4.38. The van der Waals surface area contributed by atoms with Gasteiger partial charge >= 0.3 is 0 Å². The number of rotatable bonds is 4. The average Bonchev–Trinajstić information content (AvgIpc) is 3.16. The third kappa shape index (κ3) is 3.09. The Kier molecular flexibility index (Phi) is 4.12. The van der Waals surface area contributed by atoms with Gasteiger partial charge in [0.05, 0.1) is 6.20 Å². The van der Waals surface area contributed by atoms with Gasteiger partial charge in [0.2, 0.25) is 0 Å². The second-order valence-corrected chi connectivity index (χ2v) is 6.41. The minimum Gasteiger partial charge on any atom is -0.322 e. The van der Waals surface area contributed by atoms with E-state index in [1.54, 1.807) is 48.4 Å². The number of aryl methyl sites for hydroxylation is 1. The molecule has 0 bridgehead atoms. The van der Waals surface area contributed by atoms with Crippen LogP contribution in [0.2, 0.25) is 0 Å². The van der Waals surface area contributed by atoms with Gasteiger partial charge in [-0.25, -0.2) is 0 Å². The number of carbonyl (C=O) groups is 1. The molecule has 6 nitrogen and oxygen atoms in total. The molecule has 23 heavy (non-hydrogen) atoms. The van der Waals surface area contributed by atoms with Crippen molar-refractivity contribution >= 4 is 22.4 Å². The largest absolute Gasteiger partial charge is 0.322 e. The van der Waals surface area contributed by atoms with Crippen molar-refractivity contribution in [2.45, 2.75) is 4.90 Å². The maximum Gasteiger partial charge on any atom is 0.261 e. The molecule has 3 rings (SSSR count). The molecular formula is C16H16N4O2S. The summed E-state index contributed by atoms with van der Waals surface area (Å²) in [5, 5.41) is 7.00. The van der Waals surface area contributed by atoms with Crippen LogP contribution in [0.4, 0.5) is 5.69 Å². The molecule has 0 aliphatic heterocycles. The fourth-order valence-electron chi connectivity index (χ4n) is 2.30. The summed E-state index contributed by atoms with van der Waals surface area (Å²) in [5.41, 5.74) is 1.12. The van der Waals surface area contributed by atoms with Gasteiger partial charge in [-0.15, -0.1) is 0 Å². The van der Waals surface area contributed by atoms with Gasteiger partial charge in [-0.2, -0.15) is 5.10 Å². The predicted molar refractivity (Wildman–Crippen MR) is 89.3 cm³/mol. The Labute approximate surface area is 136 Å². The van der Waals surface area contributed by atoms with Gasteiger partial charge in [0.15, 0.2) is 0 Å². The van der Waals surface area contributed by atoms with Gasteiger partial charge in [0.25, 0.3) is 5.91 Å². The molecular weight excluding hydrogens is 312 g/mol. The van der Waals surface area contributed by atoms with Crippen molar-refractivity contribution < 1.29 is 9.00 Å². The molecule has 0 spiro atoms. The van der Waals surface area contributed by atoms with Crippen molar-refractivity contribution in [2.24, 2.45) is 7.05 Å². The van der Waals surface area contributed by atoms with E-state index in [0.717, 1.165) is 4.90 Å². The summed E-state index contributed by atoms with van der Waals surface area (Å²) in [4.78, 5) is 13.2. The Bertz CT molecular complexity index is 851. The van der Waals surface area contributed by atoms with Gasteiger partial charge in [0, 0.05) is 47.1 Å². The van der Waals surface area contributed by atoms with E-state index in [9.17, 15) is 9.00 Å². The molecule has 0 radical (unpaired) electrons. The van der Waals surface area contributed by atoms with Crippen LogP contribution >= 0.6 is 0 Å². The van der Waals surface area contributed by atoms with Crippen LogP contribution in [0.3, 0.4) is 0 Å². The first-order valence-corrected chi connectivity index (χ1v) is 8.52. The molecule has 2 aromatic heterocycles. The Morgan fingerprint density at radius 1 is 1.17 bits per heavy atom. The third-order valence-electron chi connectivity index (χ3n) is 3.45. The van der Waals surface area contributed by atoms with E-state index in [0.29, 0.717) is 17.1 Å². The highest BCUT2D eigenvalue weighted by Gasteiger charge is 2.17. The summed E-state index contributed by atoms with van der Waals surface area (Å²) >= 11 is 0. The Morgan fingerprint density at radius 2 is 1.83 bits per heavy atom. The van der Waals surface area contributed by atoms with E-state index in [2.05, 4.69) is 10.4 Å². The zero-order valence-electron chi connectivity index (χ0n) is 12.8. The van der Waals surface area contributed by atoms with Gasteiger partial charge in [-0.05, 0) is 36.4 Å². The first kappa shape index (κ1) is 15.2. The lowest BCUT2D eigenvalue weighted by molar-refractivity contribution is 0.102. The van der Waals surface area contributed by atoms with Crippen LogP contribution < -0.4 is 5.32 Å². The molecule has 0 unspecified atom stereocenters. The van der Waals surface area contributed by atoms with Crippen molar-refractivity contribution in [3.05, 3.63) is 60.6 Å². The number of nitrogens with one attached hydrogen (secondary N) is 1. The molecule has 118 valence electrons. The molecule has 0 aliphatic carbocycles. The summed E-state index contributed by atoms with van der Waals surface area (Å²) in [6, 6.07) is 10.7. The maximum atomic E-state index is 12.5. The quantitative estimate of drug-likeness (QED) is 0.798. The fraction of sp³-hybridized carbons (Fsp3) is 0.125. The topological polar surface area (TPSA) is 68.9 Å². The van der Waals surface area contributed by atoms with E-state index in [1.807, 2.05) is 29.1 Å². The number of hydrogen-bond donors (Lipinski definition) is 1. The minimum absolute atomic E-state index is 0.243. The fourth-order valence-corrected chi connectivity index (χ4v) is 2.82. The summed E-state index contributed by atoms with van der Waals surface area (Å²) in [7, 11) is 0.753. The molecule has 1 N–H and O–H groups in total. The second-order valence-electron chi connectivity index (χ2n) is 5.03. The van der Waals surface area contributed by atoms with Crippen LogP contribution in [0, 0.1) is 0 Å². The van der Waals surface area contributed by atoms with E-state index in [4.69, 9.17) is 0 Å². The summed E-state index contributed by atoms with van der Waals surface area (Å²) in [6.07, 6.45) is 6.88. The van der Waals surface area contributed by atoms with Crippen molar-refractivity contribution in [2.75, 3.05) is 11.6 Å². The molecule has 0 saturated heterocycles. The number of aromatic nitrogens is 3. The van der Waals surface area contributed by atoms with Crippen molar-refractivity contribution in [1.82, 2.24) is 14.3 Å². The van der Waals surface area contributed by atoms with E-state index in [1.165, 1.54) is 0 Å². The zero-order valence-corrected chi connectivity index (χ0v) is 13.6. The number of anilines is 1. The van der Waals surface area contributed by atoms with Gasteiger partial charge in [-0.1, -0.05) is 0 Å². The molecule has 3 aromatic rings. The molecule has 7 heteroatoms. The smallest absolute Gasteiger partial charge is 0.261 e. The Balaban J connectivity index is 1.86. The van der Waals surface area contributed by atoms with Gasteiger partial charge in [-0.3, -0.25) is 13.7 Å². The summed E-state index contributed by atoms with van der Waals surface area (Å²) in [6.45, 7) is 0. The Morgan fingerprint density at radius 3 is 2.43 bits per heavy atom. The summed E-state index contributed by atoms with van der Waals surface area (Å²) < 4.78 is 14.9. The van der Waals surface area contributed by atoms with E-state index >= 15 is 0 Å². The van der Waals surface area contributed by atoms with Gasteiger partial charge in [0.1, 0.15) is 11.4 Å². The molecule has 2 heterocycles. The van der Waals surface area contributed by atoms with E-state index in [-0.39, 0.29) is 5.91 Å². The lowest BCUT2D eigenvalue weighted by Crippen LogP contribution is -2.15. The lowest BCUT2D eigenvalue weighted by Gasteiger charge is -2.08. The Hall–Kier alpha value is -2.67. The first-order chi connectivity index (χ1) is 11.1. The molecule has 1 amide bonds. The minimum atomic E-state index is -1.04. The highest BCUT2D eigenvalue weighted by atomic mass is 32.2. The highest BCUT2D eigenvalue weighted by molar-refractivity contribution is 7.84. The first-order valence-electron chi connectivity index (χ1n) is 6.96. The van der Waals surface area contributed by atoms with Gasteiger partial charge < -0.3 is 9.88 Å². The monoisotopic (exact) mass is 328 g/mol. The lowest BCUT2D eigenvalue weighted by atomic mass is 10.2.